The van der Waals surface area contributed by atoms with Crippen molar-refractivity contribution in [3.63, 3.8) is 0 Å². The third kappa shape index (κ3) is 5.79. The minimum absolute atomic E-state index is 0. The van der Waals surface area contributed by atoms with Crippen LogP contribution < -0.4 is 4.90 Å². The molecule has 0 atom stereocenters. The number of thiazole rings is 1. The minimum Gasteiger partial charge on any atom is -0.309 e. The monoisotopic (exact) mass is 485 g/mol. The predicted octanol–water partition coefficient (Wildman–Crippen LogP) is 4.25. The number of rotatable bonds is 8. The van der Waals surface area contributed by atoms with Gasteiger partial charge in [0, 0.05) is 6.54 Å². The van der Waals surface area contributed by atoms with Gasteiger partial charge < -0.3 is 4.90 Å². The molecule has 0 saturated heterocycles. The normalized spacial score (nSPS) is 11.5. The molecule has 2 aromatic carbocycles. The van der Waals surface area contributed by atoms with Crippen LogP contribution in [0.25, 0.3) is 10.2 Å². The average Bonchev–Trinajstić information content (AvgIpc) is 3.13. The fourth-order valence-corrected chi connectivity index (χ4v) is 5.15. The maximum atomic E-state index is 13.6. The van der Waals surface area contributed by atoms with Crippen LogP contribution in [-0.4, -0.2) is 57.1 Å². The maximum absolute atomic E-state index is 13.6. The Hall–Kier alpha value is -2.07. The van der Waals surface area contributed by atoms with Gasteiger partial charge in [-0.15, -0.1) is 12.4 Å². The van der Waals surface area contributed by atoms with E-state index in [1.165, 1.54) is 40.5 Å². The van der Waals surface area contributed by atoms with Crippen LogP contribution in [0, 0.1) is 5.82 Å². The number of amides is 1. The van der Waals surface area contributed by atoms with Crippen LogP contribution in [0.2, 0.25) is 0 Å². The molecular formula is C21H25ClFN3O3S2. The summed E-state index contributed by atoms with van der Waals surface area (Å²) in [5.41, 5.74) is 0.714. The van der Waals surface area contributed by atoms with Crippen molar-refractivity contribution in [2.75, 3.05) is 37.8 Å². The molecule has 0 aliphatic carbocycles. The van der Waals surface area contributed by atoms with Crippen LogP contribution in [-0.2, 0) is 9.84 Å². The highest BCUT2D eigenvalue weighted by molar-refractivity contribution is 7.91. The molecule has 0 aliphatic rings. The Kier molecular flexibility index (Phi) is 8.53. The highest BCUT2D eigenvalue weighted by Crippen LogP contribution is 2.31. The standard InChI is InChI=1S/C21H24FN3O3S2.ClH/c1-4-30(27,28)19-9-6-5-8-16(19)20(26)25(13-7-12-24(2)3)21-23-17-11-10-15(22)14-18(17)29-21;/h5-6,8-11,14H,4,7,12-13H2,1-3H3;1H. The van der Waals surface area contributed by atoms with Crippen molar-refractivity contribution < 1.29 is 17.6 Å². The van der Waals surface area contributed by atoms with Gasteiger partial charge in [-0.1, -0.05) is 30.4 Å². The summed E-state index contributed by atoms with van der Waals surface area (Å²) < 4.78 is 39.3. The zero-order valence-electron chi connectivity index (χ0n) is 17.5. The van der Waals surface area contributed by atoms with E-state index in [1.54, 1.807) is 25.1 Å². The van der Waals surface area contributed by atoms with Crippen LogP contribution in [0.15, 0.2) is 47.4 Å². The van der Waals surface area contributed by atoms with Crippen LogP contribution in [0.4, 0.5) is 9.52 Å². The summed E-state index contributed by atoms with van der Waals surface area (Å²) in [6.45, 7) is 2.66. The second-order valence-corrected chi connectivity index (χ2v) is 10.4. The van der Waals surface area contributed by atoms with Gasteiger partial charge >= 0.3 is 0 Å². The number of halogens is 2. The van der Waals surface area contributed by atoms with Crippen LogP contribution >= 0.6 is 23.7 Å². The Labute approximate surface area is 192 Å². The lowest BCUT2D eigenvalue weighted by Gasteiger charge is -2.22. The molecular weight excluding hydrogens is 461 g/mol. The predicted molar refractivity (Wildman–Crippen MR) is 126 cm³/mol. The van der Waals surface area contributed by atoms with Crippen molar-refractivity contribution in [2.45, 2.75) is 18.2 Å². The number of aromatic nitrogens is 1. The Morgan fingerprint density at radius 3 is 2.52 bits per heavy atom. The number of hydrogen-bond donors (Lipinski definition) is 0. The smallest absolute Gasteiger partial charge is 0.261 e. The Morgan fingerprint density at radius 2 is 1.84 bits per heavy atom. The molecule has 0 spiro atoms. The lowest BCUT2D eigenvalue weighted by Crippen LogP contribution is -2.34. The molecule has 0 fully saturated rings. The third-order valence-corrected chi connectivity index (χ3v) is 7.46. The van der Waals surface area contributed by atoms with Gasteiger partial charge in [-0.05, 0) is 57.4 Å². The molecule has 0 aliphatic heterocycles. The molecule has 0 saturated carbocycles. The lowest BCUT2D eigenvalue weighted by molar-refractivity contribution is 0.0983. The Balaban J connectivity index is 0.00000341. The van der Waals surface area contributed by atoms with E-state index in [1.807, 2.05) is 19.0 Å². The van der Waals surface area contributed by atoms with Crippen LogP contribution in [0.3, 0.4) is 0 Å². The van der Waals surface area contributed by atoms with Crippen molar-refractivity contribution in [1.29, 1.82) is 0 Å². The summed E-state index contributed by atoms with van der Waals surface area (Å²) in [6, 6.07) is 10.5. The number of anilines is 1. The highest BCUT2D eigenvalue weighted by atomic mass is 35.5. The minimum atomic E-state index is -3.58. The van der Waals surface area contributed by atoms with Crippen molar-refractivity contribution in [3.8, 4) is 0 Å². The Morgan fingerprint density at radius 1 is 1.13 bits per heavy atom. The van der Waals surface area contributed by atoms with E-state index >= 15 is 0 Å². The first-order valence-corrected chi connectivity index (χ1v) is 12.0. The zero-order valence-corrected chi connectivity index (χ0v) is 20.0. The van der Waals surface area contributed by atoms with Crippen molar-refractivity contribution >= 4 is 54.8 Å². The molecule has 168 valence electrons. The number of benzene rings is 2. The summed E-state index contributed by atoms with van der Waals surface area (Å²) in [5.74, 6) is -0.901. The molecule has 3 aromatic rings. The van der Waals surface area contributed by atoms with Gasteiger partial charge in [0.2, 0.25) is 0 Å². The number of sulfone groups is 1. The Bertz CT molecular complexity index is 1170. The van der Waals surface area contributed by atoms with E-state index in [0.717, 1.165) is 6.54 Å². The van der Waals surface area contributed by atoms with Crippen molar-refractivity contribution in [1.82, 2.24) is 9.88 Å². The van der Waals surface area contributed by atoms with Gasteiger partial charge in [0.1, 0.15) is 5.82 Å². The number of fused-ring (bicyclic) bond motifs is 1. The first-order chi connectivity index (χ1) is 14.2. The van der Waals surface area contributed by atoms with Crippen molar-refractivity contribution in [2.24, 2.45) is 0 Å². The SMILES string of the molecule is CCS(=O)(=O)c1ccccc1C(=O)N(CCCN(C)C)c1nc2ccc(F)cc2s1.Cl. The largest absolute Gasteiger partial charge is 0.309 e. The molecule has 6 nitrogen and oxygen atoms in total. The summed E-state index contributed by atoms with van der Waals surface area (Å²) in [5, 5.41) is 0.419. The summed E-state index contributed by atoms with van der Waals surface area (Å²) in [4.78, 5) is 21.5. The molecule has 31 heavy (non-hydrogen) atoms. The second kappa shape index (κ2) is 10.5. The third-order valence-electron chi connectivity index (χ3n) is 4.63. The highest BCUT2D eigenvalue weighted by Gasteiger charge is 2.27. The van der Waals surface area contributed by atoms with E-state index in [-0.39, 0.29) is 34.4 Å². The average molecular weight is 486 g/mol. The summed E-state index contributed by atoms with van der Waals surface area (Å²) >= 11 is 1.21. The molecule has 1 aromatic heterocycles. The summed E-state index contributed by atoms with van der Waals surface area (Å²) in [7, 11) is 0.304. The van der Waals surface area contributed by atoms with Gasteiger partial charge in [-0.25, -0.2) is 17.8 Å². The molecule has 0 unspecified atom stereocenters. The van der Waals surface area contributed by atoms with Gasteiger partial charge in [0.25, 0.3) is 5.91 Å². The first kappa shape index (κ1) is 25.2. The number of carbonyl (C=O) groups excluding carboxylic acids is 1. The topological polar surface area (TPSA) is 70.6 Å². The molecule has 1 amide bonds. The lowest BCUT2D eigenvalue weighted by atomic mass is 10.2. The van der Waals surface area contributed by atoms with Gasteiger partial charge in [0.05, 0.1) is 26.4 Å². The van der Waals surface area contributed by atoms with Crippen LogP contribution in [0.1, 0.15) is 23.7 Å². The van der Waals surface area contributed by atoms with Gasteiger partial charge in [-0.2, -0.15) is 0 Å². The first-order valence-electron chi connectivity index (χ1n) is 9.57. The van der Waals surface area contributed by atoms with Gasteiger partial charge in [0.15, 0.2) is 15.0 Å². The molecule has 0 bridgehead atoms. The van der Waals surface area contributed by atoms with E-state index in [4.69, 9.17) is 0 Å². The number of nitrogens with zero attached hydrogens (tertiary/aromatic N) is 3. The van der Waals surface area contributed by atoms with E-state index in [2.05, 4.69) is 4.98 Å². The van der Waals surface area contributed by atoms with E-state index < -0.39 is 15.7 Å². The van der Waals surface area contributed by atoms with Crippen molar-refractivity contribution in [3.05, 3.63) is 53.8 Å². The van der Waals surface area contributed by atoms with Crippen LogP contribution in [0.5, 0.6) is 0 Å². The molecule has 0 N–H and O–H groups in total. The molecule has 3 rings (SSSR count). The zero-order chi connectivity index (χ0) is 21.9. The maximum Gasteiger partial charge on any atom is 0.261 e. The van der Waals surface area contributed by atoms with Gasteiger partial charge in [-0.3, -0.25) is 9.69 Å². The molecule has 0 radical (unpaired) electrons. The van der Waals surface area contributed by atoms with E-state index in [0.29, 0.717) is 28.3 Å². The molecule has 1 heterocycles. The second-order valence-electron chi connectivity index (χ2n) is 7.12. The van der Waals surface area contributed by atoms with E-state index in [9.17, 15) is 17.6 Å². The quantitative estimate of drug-likeness (QED) is 0.477. The summed E-state index contributed by atoms with van der Waals surface area (Å²) in [6.07, 6.45) is 0.672. The fourth-order valence-electron chi connectivity index (χ4n) is 3.05. The number of carbonyl (C=O) groups is 1. The number of hydrogen-bond acceptors (Lipinski definition) is 6. The fraction of sp³-hybridized carbons (Fsp3) is 0.333. The molecule has 10 heteroatoms.